The van der Waals surface area contributed by atoms with E-state index in [0.29, 0.717) is 0 Å². The molecule has 0 bridgehead atoms. The van der Waals surface area contributed by atoms with Gasteiger partial charge in [-0.3, -0.25) is 0 Å². The Hall–Kier alpha value is 0.620. The summed E-state index contributed by atoms with van der Waals surface area (Å²) < 4.78 is 2.14. The minimum atomic E-state index is 1.88. The molecule has 0 heterocycles. The van der Waals surface area contributed by atoms with Crippen molar-refractivity contribution in [3.63, 3.8) is 0 Å². The lowest BCUT2D eigenvalue weighted by Crippen LogP contribution is -1.89. The van der Waals surface area contributed by atoms with Crippen LogP contribution in [0.15, 0.2) is 0 Å². The minimum Gasteiger partial charge on any atom is -0.323 e. The maximum Gasteiger partial charge on any atom is -0.0167 e. The van der Waals surface area contributed by atoms with Crippen LogP contribution in [0.3, 0.4) is 0 Å². The Morgan fingerprint density at radius 1 is 1.17 bits per heavy atom. The first-order valence-electron chi connectivity index (χ1n) is 1.45. The molecule has 0 aliphatic heterocycles. The molecule has 0 atom stereocenters. The highest BCUT2D eigenvalue weighted by Gasteiger charge is 1.27. The van der Waals surface area contributed by atoms with Gasteiger partial charge < -0.3 is 5.32 Å². The fraction of sp³-hybridized carbons (Fsp3) is 1.00. The number of rotatable bonds is 0. The van der Waals surface area contributed by atoms with Crippen LogP contribution in [0.5, 0.6) is 0 Å². The second-order valence-corrected chi connectivity index (χ2v) is 1.40. The Balaban J connectivity index is 0. The van der Waals surface area contributed by atoms with E-state index < -0.39 is 0 Å². The van der Waals surface area contributed by atoms with Gasteiger partial charge in [0, 0.05) is 0 Å². The van der Waals surface area contributed by atoms with Crippen molar-refractivity contribution in [3.05, 3.63) is 0 Å². The van der Waals surface area contributed by atoms with E-state index in [1.165, 1.54) is 0 Å². The Kier molecular flexibility index (Phi) is 28.5. The van der Waals surface area contributed by atoms with Gasteiger partial charge >= 0.3 is 0 Å². The van der Waals surface area contributed by atoms with E-state index in [9.17, 15) is 0 Å². The predicted octanol–water partition coefficient (Wildman–Crippen LogP) is 0.101. The molecule has 0 aliphatic rings. The average molecular weight is 126 g/mol. The summed E-state index contributed by atoms with van der Waals surface area (Å²) in [6.07, 6.45) is 0. The van der Waals surface area contributed by atoms with Crippen LogP contribution in [-0.4, -0.2) is 14.1 Å². The second-order valence-electron chi connectivity index (χ2n) is 0.600. The van der Waals surface area contributed by atoms with Crippen molar-refractivity contribution in [1.82, 2.24) is 9.44 Å². The number of nitrogens with one attached hydrogen (secondary N) is 2. The van der Waals surface area contributed by atoms with Gasteiger partial charge in [0.05, 0.1) is 0 Å². The Bertz CT molecular complexity index is 11.5. The third-order valence-corrected chi connectivity index (χ3v) is 0. The summed E-state index contributed by atoms with van der Waals surface area (Å²) in [5, 5.41) is 2.75. The standard InChI is InChI=1S/C2H7N.H3NS2/c1-3-2;2-1-3/h3H,1-2H3;1-3H. The van der Waals surface area contributed by atoms with Crippen LogP contribution in [0.4, 0.5) is 0 Å². The summed E-state index contributed by atoms with van der Waals surface area (Å²) in [7, 11) is 3.75. The zero-order valence-electron chi connectivity index (χ0n) is 3.89. The van der Waals surface area contributed by atoms with Gasteiger partial charge in [0.2, 0.25) is 0 Å². The monoisotopic (exact) mass is 126 g/mol. The van der Waals surface area contributed by atoms with Crippen LogP contribution in [-0.2, 0) is 0 Å². The summed E-state index contributed by atoms with van der Waals surface area (Å²) >= 11 is 6.81. The fourth-order valence-electron chi connectivity index (χ4n) is 0. The van der Waals surface area contributed by atoms with Crippen LogP contribution in [0.25, 0.3) is 0 Å². The van der Waals surface area contributed by atoms with E-state index in [1.54, 1.807) is 0 Å². The predicted molar refractivity (Wildman–Crippen MR) is 36.1 cm³/mol. The zero-order valence-corrected chi connectivity index (χ0v) is 5.68. The van der Waals surface area contributed by atoms with Gasteiger partial charge in [-0.1, -0.05) is 25.6 Å². The molecule has 4 heteroatoms. The molecular weight excluding hydrogens is 116 g/mol. The van der Waals surface area contributed by atoms with Crippen LogP contribution >= 0.6 is 25.6 Å². The molecule has 0 saturated heterocycles. The number of thiol groups is 2. The van der Waals surface area contributed by atoms with Gasteiger partial charge in [-0.25, -0.2) is 4.13 Å². The molecule has 0 aromatic rings. The van der Waals surface area contributed by atoms with Crippen LogP contribution in [0.2, 0.25) is 0 Å². The molecule has 0 aliphatic carbocycles. The minimum absolute atomic E-state index is 1.88. The van der Waals surface area contributed by atoms with Crippen molar-refractivity contribution in [1.29, 1.82) is 0 Å². The van der Waals surface area contributed by atoms with Gasteiger partial charge in [0.1, 0.15) is 0 Å². The third-order valence-electron chi connectivity index (χ3n) is 0. The molecule has 40 valence electrons. The fourth-order valence-corrected chi connectivity index (χ4v) is 0. The summed E-state index contributed by atoms with van der Waals surface area (Å²) in [5.41, 5.74) is 0. The molecule has 0 aromatic carbocycles. The molecule has 2 nitrogen and oxygen atoms in total. The Morgan fingerprint density at radius 2 is 1.17 bits per heavy atom. The van der Waals surface area contributed by atoms with Crippen molar-refractivity contribution in [2.75, 3.05) is 14.1 Å². The lowest BCUT2D eigenvalue weighted by molar-refractivity contribution is 1.02. The highest BCUT2D eigenvalue weighted by Crippen LogP contribution is 1.54. The van der Waals surface area contributed by atoms with Crippen molar-refractivity contribution in [3.8, 4) is 0 Å². The first kappa shape index (κ1) is 9.80. The average Bonchev–Trinajstić information content (AvgIpc) is 1.39. The van der Waals surface area contributed by atoms with E-state index in [1.807, 2.05) is 14.1 Å². The van der Waals surface area contributed by atoms with E-state index in [-0.39, 0.29) is 0 Å². The number of hydrogen-bond donors (Lipinski definition) is 4. The van der Waals surface area contributed by atoms with E-state index >= 15 is 0 Å². The Morgan fingerprint density at radius 3 is 1.17 bits per heavy atom. The third kappa shape index (κ3) is 157. The van der Waals surface area contributed by atoms with Crippen LogP contribution < -0.4 is 9.44 Å². The highest BCUT2D eigenvalue weighted by molar-refractivity contribution is 7.94. The van der Waals surface area contributed by atoms with Gasteiger partial charge in [0.25, 0.3) is 0 Å². The largest absolute Gasteiger partial charge is 0.323 e. The molecule has 0 unspecified atom stereocenters. The van der Waals surface area contributed by atoms with Gasteiger partial charge in [0.15, 0.2) is 0 Å². The Labute approximate surface area is 49.8 Å². The normalized spacial score (nSPS) is 6.00. The first-order valence-corrected chi connectivity index (χ1v) is 2.34. The zero-order chi connectivity index (χ0) is 5.41. The van der Waals surface area contributed by atoms with Crippen molar-refractivity contribution in [2.45, 2.75) is 0 Å². The quantitative estimate of drug-likeness (QED) is 0.346. The molecule has 0 rings (SSSR count). The number of hydrogen-bond acceptors (Lipinski definition) is 4. The molecule has 0 saturated carbocycles. The molecule has 6 heavy (non-hydrogen) atoms. The smallest absolute Gasteiger partial charge is 0.0167 e. The topological polar surface area (TPSA) is 24.1 Å². The van der Waals surface area contributed by atoms with Crippen molar-refractivity contribution in [2.24, 2.45) is 0 Å². The molecule has 0 radical (unpaired) electrons. The van der Waals surface area contributed by atoms with Crippen LogP contribution in [0.1, 0.15) is 0 Å². The molecule has 2 N–H and O–H groups in total. The van der Waals surface area contributed by atoms with E-state index in [4.69, 9.17) is 0 Å². The highest BCUT2D eigenvalue weighted by atomic mass is 32.2. The molecular formula is C2H10N2S2. The van der Waals surface area contributed by atoms with Crippen LogP contribution in [0, 0.1) is 0 Å². The first-order chi connectivity index (χ1) is 2.83. The molecule has 0 amide bonds. The van der Waals surface area contributed by atoms with Crippen molar-refractivity contribution < 1.29 is 0 Å². The summed E-state index contributed by atoms with van der Waals surface area (Å²) in [6, 6.07) is 0. The van der Waals surface area contributed by atoms with Gasteiger partial charge in [-0.05, 0) is 14.1 Å². The van der Waals surface area contributed by atoms with Crippen molar-refractivity contribution >= 4 is 25.6 Å². The summed E-state index contributed by atoms with van der Waals surface area (Å²) in [6.45, 7) is 0. The van der Waals surface area contributed by atoms with Gasteiger partial charge in [-0.15, -0.1) is 0 Å². The summed E-state index contributed by atoms with van der Waals surface area (Å²) in [4.78, 5) is 0. The lowest BCUT2D eigenvalue weighted by Gasteiger charge is -1.59. The molecule has 0 aromatic heterocycles. The van der Waals surface area contributed by atoms with Gasteiger partial charge in [-0.2, -0.15) is 0 Å². The molecule has 0 fully saturated rings. The summed E-state index contributed by atoms with van der Waals surface area (Å²) in [5.74, 6) is 0. The maximum absolute atomic E-state index is 3.40. The van der Waals surface area contributed by atoms with E-state index in [2.05, 4.69) is 35.1 Å². The lowest BCUT2D eigenvalue weighted by atomic mass is 11.3. The second kappa shape index (κ2) is 17.5. The SMILES string of the molecule is CNC.SNS. The molecule has 0 spiro atoms. The van der Waals surface area contributed by atoms with E-state index in [0.717, 1.165) is 0 Å². The maximum atomic E-state index is 3.40.